The molecule has 1 aromatic heterocycles. The Kier molecular flexibility index (Phi) is 3.93. The maximum absolute atomic E-state index is 12.4. The Labute approximate surface area is 122 Å². The topological polar surface area (TPSA) is 39.1 Å². The molecule has 0 N–H and O–H groups in total. The van der Waals surface area contributed by atoms with Crippen molar-refractivity contribution in [2.45, 2.75) is 63.3 Å². The van der Waals surface area contributed by atoms with E-state index >= 15 is 0 Å². The normalized spacial score (nSPS) is 21.2. The first-order valence-electron chi connectivity index (χ1n) is 7.95. The molecule has 4 heteroatoms. The van der Waals surface area contributed by atoms with Crippen LogP contribution in [0, 0.1) is 18.8 Å². The number of hydrogen-bond acceptors (Lipinski definition) is 2. The van der Waals surface area contributed by atoms with Crippen LogP contribution in [0.1, 0.15) is 50.6 Å². The molecule has 0 amide bonds. The minimum Gasteiger partial charge on any atom is -0.350 e. The molecule has 0 spiro atoms. The van der Waals surface area contributed by atoms with E-state index in [1.54, 1.807) is 0 Å². The third-order valence-corrected chi connectivity index (χ3v) is 6.87. The van der Waals surface area contributed by atoms with Gasteiger partial charge in [0.15, 0.2) is 9.84 Å². The van der Waals surface area contributed by atoms with Crippen LogP contribution < -0.4 is 0 Å². The van der Waals surface area contributed by atoms with Gasteiger partial charge < -0.3 is 4.57 Å². The van der Waals surface area contributed by atoms with E-state index in [1.165, 1.54) is 32.1 Å². The van der Waals surface area contributed by atoms with Crippen molar-refractivity contribution in [2.75, 3.05) is 5.75 Å². The standard InChI is InChI=1S/C16H25NO2S/c1-13-16(20(18,19)12-15-7-8-15)9-10-17(13)11-14-5-3-2-4-6-14/h9-10,14-15H,2-8,11-12H2,1H3. The zero-order valence-electron chi connectivity index (χ0n) is 12.3. The highest BCUT2D eigenvalue weighted by atomic mass is 32.2. The smallest absolute Gasteiger partial charge is 0.180 e. The van der Waals surface area contributed by atoms with Crippen LogP contribution in [-0.2, 0) is 16.4 Å². The lowest BCUT2D eigenvalue weighted by atomic mass is 9.89. The lowest BCUT2D eigenvalue weighted by molar-refractivity contribution is 0.317. The van der Waals surface area contributed by atoms with E-state index in [2.05, 4.69) is 4.57 Å². The van der Waals surface area contributed by atoms with Crippen LogP contribution in [0.15, 0.2) is 17.2 Å². The molecule has 0 saturated heterocycles. The van der Waals surface area contributed by atoms with E-state index in [0.717, 1.165) is 31.0 Å². The molecule has 20 heavy (non-hydrogen) atoms. The van der Waals surface area contributed by atoms with Gasteiger partial charge in [0.05, 0.1) is 10.6 Å². The molecule has 0 aromatic carbocycles. The minimum atomic E-state index is -3.07. The Morgan fingerprint density at radius 2 is 1.80 bits per heavy atom. The zero-order valence-corrected chi connectivity index (χ0v) is 13.2. The SMILES string of the molecule is Cc1c(S(=O)(=O)CC2CC2)ccn1CC1CCCCC1. The number of nitrogens with zero attached hydrogens (tertiary/aromatic N) is 1. The number of hydrogen-bond donors (Lipinski definition) is 0. The lowest BCUT2D eigenvalue weighted by Crippen LogP contribution is -2.15. The van der Waals surface area contributed by atoms with Crippen LogP contribution in [0.3, 0.4) is 0 Å². The highest BCUT2D eigenvalue weighted by Gasteiger charge is 2.30. The van der Waals surface area contributed by atoms with Gasteiger partial charge in [-0.15, -0.1) is 0 Å². The average Bonchev–Trinajstić information content (AvgIpc) is 3.14. The summed E-state index contributed by atoms with van der Waals surface area (Å²) in [5.74, 6) is 1.50. The molecule has 0 radical (unpaired) electrons. The van der Waals surface area contributed by atoms with Crippen molar-refractivity contribution in [2.24, 2.45) is 11.8 Å². The second kappa shape index (κ2) is 5.55. The van der Waals surface area contributed by atoms with E-state index in [-0.39, 0.29) is 0 Å². The third-order valence-electron chi connectivity index (χ3n) is 4.86. The monoisotopic (exact) mass is 295 g/mol. The molecule has 1 aromatic rings. The molecule has 2 aliphatic rings. The molecule has 0 bridgehead atoms. The molecule has 2 saturated carbocycles. The Balaban J connectivity index is 1.73. The van der Waals surface area contributed by atoms with Crippen molar-refractivity contribution in [3.05, 3.63) is 18.0 Å². The van der Waals surface area contributed by atoms with Gasteiger partial charge in [-0.3, -0.25) is 0 Å². The Morgan fingerprint density at radius 1 is 1.10 bits per heavy atom. The molecule has 3 rings (SSSR count). The van der Waals surface area contributed by atoms with Crippen LogP contribution in [0.4, 0.5) is 0 Å². The molecule has 0 aliphatic heterocycles. The Bertz CT molecular complexity index is 563. The largest absolute Gasteiger partial charge is 0.350 e. The molecule has 0 unspecified atom stereocenters. The van der Waals surface area contributed by atoms with Crippen LogP contribution in [0.5, 0.6) is 0 Å². The highest BCUT2D eigenvalue weighted by molar-refractivity contribution is 7.91. The second-order valence-electron chi connectivity index (χ2n) is 6.65. The summed E-state index contributed by atoms with van der Waals surface area (Å²) in [6.45, 7) is 2.95. The Hall–Kier alpha value is -0.770. The summed E-state index contributed by atoms with van der Waals surface area (Å²) >= 11 is 0. The van der Waals surface area contributed by atoms with Crippen LogP contribution in [0.2, 0.25) is 0 Å². The van der Waals surface area contributed by atoms with Gasteiger partial charge in [-0.2, -0.15) is 0 Å². The first kappa shape index (κ1) is 14.2. The summed E-state index contributed by atoms with van der Waals surface area (Å²) in [7, 11) is -3.07. The van der Waals surface area contributed by atoms with Crippen molar-refractivity contribution >= 4 is 9.84 Å². The fourth-order valence-electron chi connectivity index (χ4n) is 3.39. The van der Waals surface area contributed by atoms with Crippen LogP contribution >= 0.6 is 0 Å². The van der Waals surface area contributed by atoms with Gasteiger partial charge in [0.2, 0.25) is 0 Å². The zero-order chi connectivity index (χ0) is 14.2. The minimum absolute atomic E-state index is 0.348. The molecule has 1 heterocycles. The summed E-state index contributed by atoms with van der Waals surface area (Å²) in [6, 6.07) is 1.82. The molecule has 2 aliphatic carbocycles. The van der Waals surface area contributed by atoms with Gasteiger partial charge in [-0.25, -0.2) is 8.42 Å². The van der Waals surface area contributed by atoms with Crippen LogP contribution in [0.25, 0.3) is 0 Å². The fourth-order valence-corrected chi connectivity index (χ4v) is 5.36. The molecule has 112 valence electrons. The van der Waals surface area contributed by atoms with Crippen molar-refractivity contribution in [1.82, 2.24) is 4.57 Å². The van der Waals surface area contributed by atoms with Gasteiger partial charge in [0.1, 0.15) is 0 Å². The molecule has 2 fully saturated rings. The van der Waals surface area contributed by atoms with E-state index in [4.69, 9.17) is 0 Å². The fraction of sp³-hybridized carbons (Fsp3) is 0.750. The lowest BCUT2D eigenvalue weighted by Gasteiger charge is -2.22. The quantitative estimate of drug-likeness (QED) is 0.833. The van der Waals surface area contributed by atoms with Gasteiger partial charge >= 0.3 is 0 Å². The highest BCUT2D eigenvalue weighted by Crippen LogP contribution is 2.33. The van der Waals surface area contributed by atoms with Crippen molar-refractivity contribution in [3.8, 4) is 0 Å². The molecule has 0 atom stereocenters. The summed E-state index contributed by atoms with van der Waals surface area (Å²) < 4.78 is 27.0. The van der Waals surface area contributed by atoms with E-state index in [1.807, 2.05) is 19.2 Å². The molecule has 3 nitrogen and oxygen atoms in total. The van der Waals surface area contributed by atoms with Crippen molar-refractivity contribution < 1.29 is 8.42 Å². The first-order chi connectivity index (χ1) is 9.56. The first-order valence-corrected chi connectivity index (χ1v) is 9.60. The number of sulfone groups is 1. The summed E-state index contributed by atoms with van der Waals surface area (Å²) in [5.41, 5.74) is 0.941. The second-order valence-corrected chi connectivity index (χ2v) is 8.65. The van der Waals surface area contributed by atoms with E-state index < -0.39 is 9.84 Å². The van der Waals surface area contributed by atoms with Gasteiger partial charge in [-0.05, 0) is 50.5 Å². The maximum Gasteiger partial charge on any atom is 0.180 e. The average molecular weight is 295 g/mol. The Morgan fingerprint density at radius 3 is 2.45 bits per heavy atom. The molecular formula is C16H25NO2S. The van der Waals surface area contributed by atoms with Gasteiger partial charge in [0, 0.05) is 18.4 Å². The predicted octanol–water partition coefficient (Wildman–Crippen LogP) is 3.56. The maximum atomic E-state index is 12.4. The number of rotatable bonds is 5. The van der Waals surface area contributed by atoms with Crippen molar-refractivity contribution in [3.63, 3.8) is 0 Å². The van der Waals surface area contributed by atoms with Gasteiger partial charge in [0.25, 0.3) is 0 Å². The molecular weight excluding hydrogens is 270 g/mol. The number of aromatic nitrogens is 1. The summed E-state index contributed by atoms with van der Waals surface area (Å²) in [5, 5.41) is 0. The van der Waals surface area contributed by atoms with Crippen LogP contribution in [-0.4, -0.2) is 18.7 Å². The predicted molar refractivity (Wildman–Crippen MR) is 80.5 cm³/mol. The van der Waals surface area contributed by atoms with E-state index in [9.17, 15) is 8.42 Å². The third kappa shape index (κ3) is 3.11. The van der Waals surface area contributed by atoms with Crippen molar-refractivity contribution in [1.29, 1.82) is 0 Å². The van der Waals surface area contributed by atoms with Gasteiger partial charge in [-0.1, -0.05) is 19.3 Å². The summed E-state index contributed by atoms with van der Waals surface area (Å²) in [4.78, 5) is 0.570. The van der Waals surface area contributed by atoms with E-state index in [0.29, 0.717) is 16.6 Å². The summed E-state index contributed by atoms with van der Waals surface area (Å²) in [6.07, 6.45) is 10.8.